The van der Waals surface area contributed by atoms with Gasteiger partial charge in [0.2, 0.25) is 5.88 Å². The quantitative estimate of drug-likeness (QED) is 0.829. The van der Waals surface area contributed by atoms with Gasteiger partial charge in [0.15, 0.2) is 0 Å². The van der Waals surface area contributed by atoms with E-state index in [0.717, 1.165) is 45.0 Å². The second kappa shape index (κ2) is 7.25. The number of aryl methyl sites for hydroxylation is 1. The summed E-state index contributed by atoms with van der Waals surface area (Å²) in [4.78, 5) is 2.37. The fourth-order valence-electron chi connectivity index (χ4n) is 3.85. The molecule has 1 aromatic heterocycles. The van der Waals surface area contributed by atoms with Crippen LogP contribution in [-0.2, 0) is 16.7 Å². The van der Waals surface area contributed by atoms with E-state index < -0.39 is 0 Å². The maximum Gasteiger partial charge on any atom is 0.233 e. The molecule has 138 valence electrons. The number of nitrogens with zero attached hydrogens (tertiary/aromatic N) is 3. The minimum Gasteiger partial charge on any atom is -0.475 e. The van der Waals surface area contributed by atoms with Crippen molar-refractivity contribution in [2.45, 2.75) is 25.8 Å². The molecule has 0 spiro atoms. The third-order valence-corrected chi connectivity index (χ3v) is 5.34. The van der Waals surface area contributed by atoms with Crippen LogP contribution in [0.2, 0.25) is 0 Å². The second-order valence-corrected chi connectivity index (χ2v) is 7.40. The van der Waals surface area contributed by atoms with E-state index in [0.29, 0.717) is 12.5 Å². The molecule has 26 heavy (non-hydrogen) atoms. The molecule has 1 saturated heterocycles. The molecular weight excluding hydrogens is 326 g/mol. The van der Waals surface area contributed by atoms with Crippen LogP contribution in [0.4, 0.5) is 0 Å². The number of fused-ring (bicyclic) bond motifs is 1. The number of morpholine rings is 1. The molecule has 2 aliphatic rings. The van der Waals surface area contributed by atoms with Gasteiger partial charge in [0.1, 0.15) is 6.61 Å². The SMILES string of the molecule is Cc1cc(OCCN2CCOCC2)nn1C1(C)C=Cc2ccccc2C1. The first-order valence-corrected chi connectivity index (χ1v) is 9.41. The molecule has 5 heteroatoms. The van der Waals surface area contributed by atoms with Crippen LogP contribution in [0, 0.1) is 6.92 Å². The highest BCUT2D eigenvalue weighted by Crippen LogP contribution is 2.32. The second-order valence-electron chi connectivity index (χ2n) is 7.40. The molecule has 1 aliphatic carbocycles. The third kappa shape index (κ3) is 3.55. The van der Waals surface area contributed by atoms with Gasteiger partial charge in [-0.25, -0.2) is 0 Å². The van der Waals surface area contributed by atoms with Crippen molar-refractivity contribution in [3.05, 3.63) is 53.2 Å². The maximum atomic E-state index is 5.94. The van der Waals surface area contributed by atoms with Crippen molar-refractivity contribution in [1.82, 2.24) is 14.7 Å². The lowest BCUT2D eigenvalue weighted by Gasteiger charge is -2.32. The van der Waals surface area contributed by atoms with Gasteiger partial charge in [-0.15, -0.1) is 5.10 Å². The van der Waals surface area contributed by atoms with Crippen LogP contribution in [0.5, 0.6) is 5.88 Å². The highest BCUT2D eigenvalue weighted by atomic mass is 16.5. The Labute approximate surface area is 155 Å². The molecular formula is C21H27N3O2. The Hall–Kier alpha value is -2.11. The lowest BCUT2D eigenvalue weighted by Crippen LogP contribution is -2.38. The summed E-state index contributed by atoms with van der Waals surface area (Å²) in [5.41, 5.74) is 3.63. The summed E-state index contributed by atoms with van der Waals surface area (Å²) in [6.45, 7) is 9.52. The predicted octanol–water partition coefficient (Wildman–Crippen LogP) is 2.89. The Morgan fingerprint density at radius 1 is 1.23 bits per heavy atom. The van der Waals surface area contributed by atoms with Crippen LogP contribution in [0.25, 0.3) is 6.08 Å². The van der Waals surface area contributed by atoms with E-state index in [1.54, 1.807) is 0 Å². The summed E-state index contributed by atoms with van der Waals surface area (Å²) in [5, 5.41) is 4.76. The highest BCUT2D eigenvalue weighted by Gasteiger charge is 2.30. The first kappa shape index (κ1) is 17.3. The molecule has 2 aromatic rings. The van der Waals surface area contributed by atoms with Gasteiger partial charge in [0, 0.05) is 37.8 Å². The molecule has 0 amide bonds. The van der Waals surface area contributed by atoms with Crippen LogP contribution in [0.3, 0.4) is 0 Å². The van der Waals surface area contributed by atoms with Crippen molar-refractivity contribution in [3.63, 3.8) is 0 Å². The van der Waals surface area contributed by atoms with Crippen LogP contribution in [0.15, 0.2) is 36.4 Å². The molecule has 0 N–H and O–H groups in total. The van der Waals surface area contributed by atoms with E-state index in [1.165, 1.54) is 11.1 Å². The Morgan fingerprint density at radius 2 is 2.04 bits per heavy atom. The Kier molecular flexibility index (Phi) is 4.83. The van der Waals surface area contributed by atoms with Crippen molar-refractivity contribution >= 4 is 6.08 Å². The van der Waals surface area contributed by atoms with Crippen molar-refractivity contribution in [2.24, 2.45) is 0 Å². The molecule has 4 rings (SSSR count). The van der Waals surface area contributed by atoms with Gasteiger partial charge in [-0.05, 0) is 25.0 Å². The monoisotopic (exact) mass is 353 g/mol. The first-order valence-electron chi connectivity index (χ1n) is 9.41. The standard InChI is InChI=1S/C21H27N3O2/c1-17-15-20(26-14-11-23-9-12-25-13-10-23)22-24(17)21(2)8-7-18-5-3-4-6-19(18)16-21/h3-8,15H,9-14,16H2,1-2H3. The Bertz CT molecular complexity index is 792. The summed E-state index contributed by atoms with van der Waals surface area (Å²) in [5.74, 6) is 0.712. The highest BCUT2D eigenvalue weighted by molar-refractivity contribution is 5.58. The number of hydrogen-bond acceptors (Lipinski definition) is 4. The number of ether oxygens (including phenoxy) is 2. The van der Waals surface area contributed by atoms with E-state index in [2.05, 4.69) is 59.8 Å². The van der Waals surface area contributed by atoms with Gasteiger partial charge in [-0.1, -0.05) is 36.4 Å². The normalized spacial score (nSPS) is 23.0. The minimum absolute atomic E-state index is 0.162. The van der Waals surface area contributed by atoms with Crippen molar-refractivity contribution in [1.29, 1.82) is 0 Å². The average Bonchev–Trinajstić information content (AvgIpc) is 3.04. The number of benzene rings is 1. The predicted molar refractivity (Wildman–Crippen MR) is 103 cm³/mol. The number of aromatic nitrogens is 2. The van der Waals surface area contributed by atoms with E-state index in [-0.39, 0.29) is 5.54 Å². The zero-order chi connectivity index (χ0) is 18.0. The zero-order valence-corrected chi connectivity index (χ0v) is 15.6. The van der Waals surface area contributed by atoms with Gasteiger partial charge in [-0.2, -0.15) is 0 Å². The van der Waals surface area contributed by atoms with E-state index >= 15 is 0 Å². The molecule has 1 aromatic carbocycles. The summed E-state index contributed by atoms with van der Waals surface area (Å²) in [7, 11) is 0. The topological polar surface area (TPSA) is 39.5 Å². The number of allylic oxidation sites excluding steroid dienone is 1. The fourth-order valence-corrected chi connectivity index (χ4v) is 3.85. The van der Waals surface area contributed by atoms with Crippen LogP contribution in [-0.4, -0.2) is 54.1 Å². The zero-order valence-electron chi connectivity index (χ0n) is 15.6. The van der Waals surface area contributed by atoms with Gasteiger partial charge < -0.3 is 9.47 Å². The summed E-state index contributed by atoms with van der Waals surface area (Å²) in [6, 6.07) is 10.6. The van der Waals surface area contributed by atoms with E-state index in [9.17, 15) is 0 Å². The summed E-state index contributed by atoms with van der Waals surface area (Å²) >= 11 is 0. The molecule has 0 saturated carbocycles. The van der Waals surface area contributed by atoms with E-state index in [4.69, 9.17) is 14.6 Å². The first-order chi connectivity index (χ1) is 12.6. The largest absolute Gasteiger partial charge is 0.475 e. The lowest BCUT2D eigenvalue weighted by molar-refractivity contribution is 0.0319. The smallest absolute Gasteiger partial charge is 0.233 e. The van der Waals surface area contributed by atoms with Gasteiger partial charge in [-0.3, -0.25) is 9.58 Å². The Balaban J connectivity index is 1.43. The Morgan fingerprint density at radius 3 is 2.88 bits per heavy atom. The van der Waals surface area contributed by atoms with Crippen LogP contribution < -0.4 is 4.74 Å². The molecule has 1 aliphatic heterocycles. The average molecular weight is 353 g/mol. The molecule has 0 bridgehead atoms. The molecule has 1 unspecified atom stereocenters. The van der Waals surface area contributed by atoms with Gasteiger partial charge >= 0.3 is 0 Å². The van der Waals surface area contributed by atoms with Crippen molar-refractivity contribution in [3.8, 4) is 5.88 Å². The van der Waals surface area contributed by atoms with Crippen LogP contribution >= 0.6 is 0 Å². The molecule has 1 fully saturated rings. The van der Waals surface area contributed by atoms with Crippen molar-refractivity contribution < 1.29 is 9.47 Å². The van der Waals surface area contributed by atoms with Gasteiger partial charge in [0.25, 0.3) is 0 Å². The fraction of sp³-hybridized carbons (Fsp3) is 0.476. The minimum atomic E-state index is -0.162. The number of rotatable bonds is 5. The van der Waals surface area contributed by atoms with Gasteiger partial charge in [0.05, 0.1) is 18.8 Å². The molecule has 0 radical (unpaired) electrons. The van der Waals surface area contributed by atoms with Crippen molar-refractivity contribution in [2.75, 3.05) is 39.5 Å². The number of hydrogen-bond donors (Lipinski definition) is 0. The molecule has 5 nitrogen and oxygen atoms in total. The maximum absolute atomic E-state index is 5.94. The molecule has 2 heterocycles. The van der Waals surface area contributed by atoms with E-state index in [1.807, 2.05) is 6.07 Å². The molecule has 1 atom stereocenters. The third-order valence-electron chi connectivity index (χ3n) is 5.34. The summed E-state index contributed by atoms with van der Waals surface area (Å²) in [6.07, 6.45) is 5.40. The lowest BCUT2D eigenvalue weighted by atomic mass is 9.85. The van der Waals surface area contributed by atoms with Crippen LogP contribution in [0.1, 0.15) is 23.7 Å². The summed E-state index contributed by atoms with van der Waals surface area (Å²) < 4.78 is 13.4.